The number of hydrogen-bond acceptors (Lipinski definition) is 6. The molecule has 6 nitrogen and oxygen atoms in total. The van der Waals surface area contributed by atoms with Crippen molar-refractivity contribution in [2.45, 2.75) is 77.5 Å². The zero-order chi connectivity index (χ0) is 20.9. The molecule has 0 aromatic rings. The van der Waals surface area contributed by atoms with Gasteiger partial charge >= 0.3 is 5.97 Å². The van der Waals surface area contributed by atoms with Crippen molar-refractivity contribution >= 4 is 11.8 Å². The molecule has 160 valence electrons. The molecule has 4 saturated carbocycles. The van der Waals surface area contributed by atoms with E-state index in [0.717, 1.165) is 25.7 Å². The first-order chi connectivity index (χ1) is 13.6. The number of aliphatic hydroxyl groups is 1. The van der Waals surface area contributed by atoms with Crippen molar-refractivity contribution in [2.75, 3.05) is 7.11 Å². The van der Waals surface area contributed by atoms with E-state index in [1.54, 1.807) is 7.11 Å². The summed E-state index contributed by atoms with van der Waals surface area (Å²) in [5, 5.41) is 11.4. The van der Waals surface area contributed by atoms with Gasteiger partial charge in [-0.2, -0.15) is 0 Å². The van der Waals surface area contributed by atoms with Crippen LogP contribution in [0, 0.1) is 34.0 Å². The van der Waals surface area contributed by atoms with E-state index in [1.807, 2.05) is 0 Å². The van der Waals surface area contributed by atoms with E-state index in [0.29, 0.717) is 12.0 Å². The summed E-state index contributed by atoms with van der Waals surface area (Å²) in [5.41, 5.74) is -1.04. The van der Waals surface area contributed by atoms with Gasteiger partial charge in [-0.25, -0.2) is 0 Å². The zero-order valence-corrected chi connectivity index (χ0v) is 17.8. The number of rotatable bonds is 2. The molecule has 4 bridgehead atoms. The van der Waals surface area contributed by atoms with E-state index in [4.69, 9.17) is 14.2 Å². The lowest BCUT2D eigenvalue weighted by Crippen LogP contribution is -2.78. The Labute approximate surface area is 172 Å². The second kappa shape index (κ2) is 5.92. The third-order valence-electron chi connectivity index (χ3n) is 9.22. The summed E-state index contributed by atoms with van der Waals surface area (Å²) >= 11 is 0. The Bertz CT molecular complexity index is 788. The molecule has 6 fully saturated rings. The normalized spacial score (nSPS) is 52.1. The SMILES string of the molecule is C=C1C(=O)[C@@]23[C@@H]4C[C@@H]5C(C)(C)CCC[C@@]5([C@@H](OC)O4)[C@@H]2[C@@H](OC(C)=O)C[C@@H]1[C@H]3O. The Morgan fingerprint density at radius 3 is 2.66 bits per heavy atom. The molecule has 2 heterocycles. The predicted molar refractivity (Wildman–Crippen MR) is 104 cm³/mol. The molecule has 9 atom stereocenters. The topological polar surface area (TPSA) is 82.1 Å². The zero-order valence-electron chi connectivity index (χ0n) is 17.8. The van der Waals surface area contributed by atoms with Crippen LogP contribution in [0.5, 0.6) is 0 Å². The van der Waals surface area contributed by atoms with Gasteiger partial charge in [-0.1, -0.05) is 26.8 Å². The first-order valence-electron chi connectivity index (χ1n) is 10.9. The molecule has 6 aliphatic rings. The largest absolute Gasteiger partial charge is 0.462 e. The van der Waals surface area contributed by atoms with E-state index in [2.05, 4.69) is 20.4 Å². The van der Waals surface area contributed by atoms with Crippen molar-refractivity contribution in [1.29, 1.82) is 0 Å². The second-order valence-electron chi connectivity index (χ2n) is 10.6. The lowest BCUT2D eigenvalue weighted by atomic mass is 9.37. The molecule has 4 aliphatic carbocycles. The van der Waals surface area contributed by atoms with Crippen molar-refractivity contribution in [3.8, 4) is 0 Å². The molecule has 2 spiro atoms. The quantitative estimate of drug-likeness (QED) is 0.563. The fourth-order valence-corrected chi connectivity index (χ4v) is 8.45. The van der Waals surface area contributed by atoms with Crippen LogP contribution in [-0.2, 0) is 23.8 Å². The van der Waals surface area contributed by atoms with Crippen molar-refractivity contribution in [2.24, 2.45) is 34.0 Å². The maximum absolute atomic E-state index is 13.7. The molecule has 1 N–H and O–H groups in total. The minimum absolute atomic E-state index is 0.0555. The fraction of sp³-hybridized carbons (Fsp3) is 0.826. The number of aliphatic hydroxyl groups excluding tert-OH is 1. The van der Waals surface area contributed by atoms with Crippen molar-refractivity contribution in [3.63, 3.8) is 0 Å². The number of Topliss-reactive ketones (excluding diaryl/α,β-unsaturated/α-hetero) is 1. The molecule has 0 amide bonds. The maximum Gasteiger partial charge on any atom is 0.302 e. The Balaban J connectivity index is 1.76. The van der Waals surface area contributed by atoms with Crippen LogP contribution in [-0.4, -0.2) is 48.6 Å². The molecular weight excluding hydrogens is 372 g/mol. The number of methoxy groups -OCH3 is 1. The summed E-state index contributed by atoms with van der Waals surface area (Å²) in [7, 11) is 1.66. The van der Waals surface area contributed by atoms with Crippen molar-refractivity contribution < 1.29 is 28.9 Å². The molecule has 0 radical (unpaired) electrons. The van der Waals surface area contributed by atoms with Gasteiger partial charge in [0.1, 0.15) is 6.10 Å². The van der Waals surface area contributed by atoms with Gasteiger partial charge in [-0.05, 0) is 42.6 Å². The number of esters is 1. The summed E-state index contributed by atoms with van der Waals surface area (Å²) < 4.78 is 18.2. The number of carbonyl (C=O) groups excluding carboxylic acids is 2. The summed E-state index contributed by atoms with van der Waals surface area (Å²) in [6.45, 7) is 10.0. The second-order valence-corrected chi connectivity index (χ2v) is 10.6. The van der Waals surface area contributed by atoms with Crippen LogP contribution in [0.25, 0.3) is 0 Å². The standard InChI is InChI=1S/C23H32O6/c1-11-13-9-14(28-12(2)24)17-22-8-6-7-21(3,4)15(22)10-16(29-20(22)27-5)23(17,18(11)25)19(13)26/h13-17,19-20,26H,1,6-10H2,2-5H3/t13-,14-,15+,16-,17-,19+,20-,22-,23+/m0/s1. The smallest absolute Gasteiger partial charge is 0.302 e. The van der Waals surface area contributed by atoms with Crippen LogP contribution < -0.4 is 0 Å². The minimum Gasteiger partial charge on any atom is -0.462 e. The van der Waals surface area contributed by atoms with E-state index in [1.165, 1.54) is 6.92 Å². The number of ether oxygens (including phenoxy) is 3. The minimum atomic E-state index is -1.08. The molecule has 0 aromatic carbocycles. The number of carbonyl (C=O) groups is 2. The van der Waals surface area contributed by atoms with E-state index in [-0.39, 0.29) is 34.9 Å². The molecule has 6 heteroatoms. The Hall–Kier alpha value is -1.24. The Morgan fingerprint density at radius 1 is 1.28 bits per heavy atom. The molecule has 2 saturated heterocycles. The van der Waals surface area contributed by atoms with Crippen molar-refractivity contribution in [3.05, 3.63) is 12.2 Å². The highest BCUT2D eigenvalue weighted by atomic mass is 16.7. The van der Waals surface area contributed by atoms with Gasteiger partial charge in [0.2, 0.25) is 0 Å². The highest BCUT2D eigenvalue weighted by Gasteiger charge is 2.82. The van der Waals surface area contributed by atoms with Crippen LogP contribution in [0.15, 0.2) is 12.2 Å². The van der Waals surface area contributed by atoms with Gasteiger partial charge in [0, 0.05) is 31.3 Å². The highest BCUT2D eigenvalue weighted by Crippen LogP contribution is 2.75. The molecule has 29 heavy (non-hydrogen) atoms. The van der Waals surface area contributed by atoms with Gasteiger partial charge in [-0.3, -0.25) is 9.59 Å². The van der Waals surface area contributed by atoms with Crippen LogP contribution in [0.3, 0.4) is 0 Å². The fourth-order valence-electron chi connectivity index (χ4n) is 8.45. The Morgan fingerprint density at radius 2 is 2.00 bits per heavy atom. The molecule has 0 unspecified atom stereocenters. The first kappa shape index (κ1) is 19.7. The molecule has 0 aromatic heterocycles. The van der Waals surface area contributed by atoms with E-state index in [9.17, 15) is 14.7 Å². The van der Waals surface area contributed by atoms with Gasteiger partial charge in [0.15, 0.2) is 12.1 Å². The highest BCUT2D eigenvalue weighted by molar-refractivity contribution is 6.04. The summed E-state index contributed by atoms with van der Waals surface area (Å²) in [6, 6.07) is 0. The summed E-state index contributed by atoms with van der Waals surface area (Å²) in [6.07, 6.45) is 1.89. The number of fused-ring (bicyclic) bond motifs is 2. The van der Waals surface area contributed by atoms with Crippen LogP contribution in [0.1, 0.15) is 52.9 Å². The molecule has 2 aliphatic heterocycles. The summed E-state index contributed by atoms with van der Waals surface area (Å²) in [4.78, 5) is 25.7. The summed E-state index contributed by atoms with van der Waals surface area (Å²) in [5.74, 6) is -0.863. The maximum atomic E-state index is 13.7. The van der Waals surface area contributed by atoms with E-state index >= 15 is 0 Å². The van der Waals surface area contributed by atoms with Crippen LogP contribution >= 0.6 is 0 Å². The van der Waals surface area contributed by atoms with Gasteiger partial charge in [0.25, 0.3) is 0 Å². The van der Waals surface area contributed by atoms with Crippen LogP contribution in [0.4, 0.5) is 0 Å². The molecular formula is C23H32O6. The van der Waals surface area contributed by atoms with Gasteiger partial charge in [0.05, 0.1) is 17.6 Å². The Kier molecular flexibility index (Phi) is 4.02. The van der Waals surface area contributed by atoms with Crippen molar-refractivity contribution in [1.82, 2.24) is 0 Å². The lowest BCUT2D eigenvalue weighted by molar-refractivity contribution is -0.398. The predicted octanol–water partition coefficient (Wildman–Crippen LogP) is 2.63. The molecule has 6 rings (SSSR count). The van der Waals surface area contributed by atoms with Gasteiger partial charge < -0.3 is 19.3 Å². The van der Waals surface area contributed by atoms with Crippen LogP contribution in [0.2, 0.25) is 0 Å². The third-order valence-corrected chi connectivity index (χ3v) is 9.22. The number of hydrogen-bond donors (Lipinski definition) is 1. The third kappa shape index (κ3) is 2.08. The average Bonchev–Trinajstić information content (AvgIpc) is 2.77. The monoisotopic (exact) mass is 404 g/mol. The average molecular weight is 405 g/mol. The first-order valence-corrected chi connectivity index (χ1v) is 10.9. The van der Waals surface area contributed by atoms with E-state index < -0.39 is 35.4 Å². The lowest BCUT2D eigenvalue weighted by Gasteiger charge is -2.72. The number of ketones is 1. The van der Waals surface area contributed by atoms with Gasteiger partial charge in [-0.15, -0.1) is 0 Å².